The highest BCUT2D eigenvalue weighted by molar-refractivity contribution is 8.03. The van der Waals surface area contributed by atoms with E-state index in [1.807, 2.05) is 0 Å². The Morgan fingerprint density at radius 2 is 2.10 bits per heavy atom. The zero-order valence-corrected chi connectivity index (χ0v) is 12.8. The van der Waals surface area contributed by atoms with Crippen molar-refractivity contribution < 1.29 is 14.6 Å². The molecule has 1 aliphatic heterocycles. The van der Waals surface area contributed by atoms with E-state index >= 15 is 0 Å². The summed E-state index contributed by atoms with van der Waals surface area (Å²) in [5.41, 5.74) is 5.10. The molecule has 0 amide bonds. The molecule has 0 aromatic carbocycles. The SMILES string of the molecule is NC(O)(CCCCSC1=CC(=O)OC1)C1CCCCC1. The van der Waals surface area contributed by atoms with Crippen LogP contribution in [0.15, 0.2) is 11.0 Å². The first-order valence-electron chi connectivity index (χ1n) is 7.59. The number of ether oxygens (including phenoxy) is 1. The molecule has 0 bridgehead atoms. The number of carbonyl (C=O) groups is 1. The second kappa shape index (κ2) is 7.48. The third kappa shape index (κ3) is 4.79. The standard InChI is InChI=1S/C15H25NO3S/c16-15(18,12-6-2-1-3-7-12)8-4-5-9-20-13-10-14(17)19-11-13/h10,12,18H,1-9,11,16H2. The summed E-state index contributed by atoms with van der Waals surface area (Å²) in [7, 11) is 0. The van der Waals surface area contributed by atoms with Crippen LogP contribution in [0.1, 0.15) is 51.4 Å². The third-order valence-corrected chi connectivity index (χ3v) is 5.31. The first-order valence-corrected chi connectivity index (χ1v) is 8.58. The van der Waals surface area contributed by atoms with Crippen molar-refractivity contribution in [1.82, 2.24) is 0 Å². The molecule has 1 saturated carbocycles. The van der Waals surface area contributed by atoms with Gasteiger partial charge in [0.1, 0.15) is 12.3 Å². The van der Waals surface area contributed by atoms with Crippen LogP contribution < -0.4 is 5.73 Å². The highest BCUT2D eigenvalue weighted by Gasteiger charge is 2.32. The van der Waals surface area contributed by atoms with Crippen LogP contribution in [-0.4, -0.2) is 29.2 Å². The molecule has 2 aliphatic rings. The van der Waals surface area contributed by atoms with Crippen LogP contribution in [-0.2, 0) is 9.53 Å². The van der Waals surface area contributed by atoms with Crippen molar-refractivity contribution in [3.8, 4) is 0 Å². The van der Waals surface area contributed by atoms with E-state index in [2.05, 4.69) is 0 Å². The molecule has 1 atom stereocenters. The quantitative estimate of drug-likeness (QED) is 0.429. The molecule has 1 heterocycles. The van der Waals surface area contributed by atoms with Gasteiger partial charge in [-0.3, -0.25) is 0 Å². The van der Waals surface area contributed by atoms with E-state index < -0.39 is 5.72 Å². The lowest BCUT2D eigenvalue weighted by Crippen LogP contribution is -2.47. The Kier molecular flexibility index (Phi) is 5.93. The van der Waals surface area contributed by atoms with Crippen LogP contribution in [0, 0.1) is 5.92 Å². The lowest BCUT2D eigenvalue weighted by atomic mass is 9.80. The van der Waals surface area contributed by atoms with E-state index in [-0.39, 0.29) is 11.9 Å². The smallest absolute Gasteiger partial charge is 0.332 e. The number of carbonyl (C=O) groups excluding carboxylic acids is 1. The van der Waals surface area contributed by atoms with Gasteiger partial charge >= 0.3 is 5.97 Å². The molecule has 0 radical (unpaired) electrons. The molecule has 20 heavy (non-hydrogen) atoms. The maximum absolute atomic E-state index is 10.9. The van der Waals surface area contributed by atoms with E-state index in [4.69, 9.17) is 10.5 Å². The summed E-state index contributed by atoms with van der Waals surface area (Å²) in [6.45, 7) is 0.423. The van der Waals surface area contributed by atoms with E-state index in [0.29, 0.717) is 13.0 Å². The zero-order chi connectivity index (χ0) is 14.4. The average Bonchev–Trinajstić information content (AvgIpc) is 2.85. The number of aliphatic hydroxyl groups is 1. The average molecular weight is 299 g/mol. The van der Waals surface area contributed by atoms with Crippen LogP contribution >= 0.6 is 11.8 Å². The van der Waals surface area contributed by atoms with Gasteiger partial charge in [0.05, 0.1) is 0 Å². The molecule has 5 heteroatoms. The Hall–Kier alpha value is -0.520. The van der Waals surface area contributed by atoms with Gasteiger partial charge in [-0.05, 0) is 37.9 Å². The van der Waals surface area contributed by atoms with Crippen LogP contribution in [0.3, 0.4) is 0 Å². The Bertz CT molecular complexity index is 362. The summed E-state index contributed by atoms with van der Waals surface area (Å²) < 4.78 is 4.84. The topological polar surface area (TPSA) is 72.5 Å². The van der Waals surface area contributed by atoms with Gasteiger partial charge < -0.3 is 15.6 Å². The second-order valence-electron chi connectivity index (χ2n) is 5.85. The Labute approximate surface area is 125 Å². The zero-order valence-electron chi connectivity index (χ0n) is 12.0. The number of hydrogen-bond acceptors (Lipinski definition) is 5. The Morgan fingerprint density at radius 3 is 2.75 bits per heavy atom. The fourth-order valence-corrected chi connectivity index (χ4v) is 3.89. The van der Waals surface area contributed by atoms with Crippen LogP contribution in [0.4, 0.5) is 0 Å². The van der Waals surface area contributed by atoms with E-state index in [1.165, 1.54) is 19.3 Å². The van der Waals surface area contributed by atoms with Crippen LogP contribution in [0.5, 0.6) is 0 Å². The molecule has 1 unspecified atom stereocenters. The minimum atomic E-state index is -0.989. The van der Waals surface area contributed by atoms with Crippen molar-refractivity contribution in [3.05, 3.63) is 11.0 Å². The molecule has 1 fully saturated rings. The van der Waals surface area contributed by atoms with Gasteiger partial charge in [0.2, 0.25) is 0 Å². The molecule has 114 valence electrons. The summed E-state index contributed by atoms with van der Waals surface area (Å²) in [6, 6.07) is 0. The number of cyclic esters (lactones) is 1. The molecule has 0 spiro atoms. The fourth-order valence-electron chi connectivity index (χ4n) is 2.96. The van der Waals surface area contributed by atoms with Crippen molar-refractivity contribution >= 4 is 17.7 Å². The largest absolute Gasteiger partial charge is 0.457 e. The van der Waals surface area contributed by atoms with Gasteiger partial charge in [0.25, 0.3) is 0 Å². The number of hydrogen-bond donors (Lipinski definition) is 2. The molecule has 3 N–H and O–H groups in total. The van der Waals surface area contributed by atoms with Gasteiger partial charge in [-0.2, -0.15) is 0 Å². The van der Waals surface area contributed by atoms with Crippen molar-refractivity contribution in [2.75, 3.05) is 12.4 Å². The molecule has 0 saturated heterocycles. The van der Waals surface area contributed by atoms with Crippen molar-refractivity contribution in [3.63, 3.8) is 0 Å². The summed E-state index contributed by atoms with van der Waals surface area (Å²) >= 11 is 1.67. The molecule has 1 aliphatic carbocycles. The second-order valence-corrected chi connectivity index (χ2v) is 7.07. The van der Waals surface area contributed by atoms with Gasteiger partial charge in [0.15, 0.2) is 0 Å². The maximum Gasteiger partial charge on any atom is 0.332 e. The monoisotopic (exact) mass is 299 g/mol. The van der Waals surface area contributed by atoms with E-state index in [0.717, 1.165) is 36.3 Å². The van der Waals surface area contributed by atoms with Gasteiger partial charge in [0, 0.05) is 16.9 Å². The highest BCUT2D eigenvalue weighted by Crippen LogP contribution is 2.33. The molecular formula is C15H25NO3S. The number of unbranched alkanes of at least 4 members (excludes halogenated alkanes) is 1. The van der Waals surface area contributed by atoms with Gasteiger partial charge in [-0.25, -0.2) is 4.79 Å². The number of esters is 1. The molecule has 0 aromatic heterocycles. The van der Waals surface area contributed by atoms with E-state index in [1.54, 1.807) is 17.8 Å². The lowest BCUT2D eigenvalue weighted by Gasteiger charge is -2.35. The fraction of sp³-hybridized carbons (Fsp3) is 0.800. The van der Waals surface area contributed by atoms with Crippen LogP contribution in [0.2, 0.25) is 0 Å². The summed E-state index contributed by atoms with van der Waals surface area (Å²) in [4.78, 5) is 11.9. The lowest BCUT2D eigenvalue weighted by molar-refractivity contribution is -0.134. The predicted molar refractivity (Wildman–Crippen MR) is 81.1 cm³/mol. The first-order chi connectivity index (χ1) is 9.58. The molecule has 4 nitrogen and oxygen atoms in total. The summed E-state index contributed by atoms with van der Waals surface area (Å²) in [6.07, 6.45) is 9.96. The van der Waals surface area contributed by atoms with Gasteiger partial charge in [-0.15, -0.1) is 11.8 Å². The Morgan fingerprint density at radius 1 is 1.35 bits per heavy atom. The van der Waals surface area contributed by atoms with Crippen molar-refractivity contribution in [1.29, 1.82) is 0 Å². The van der Waals surface area contributed by atoms with Crippen LogP contribution in [0.25, 0.3) is 0 Å². The normalized spacial score (nSPS) is 23.3. The maximum atomic E-state index is 10.9. The third-order valence-electron chi connectivity index (χ3n) is 4.21. The summed E-state index contributed by atoms with van der Waals surface area (Å²) in [5.74, 6) is 0.983. The number of thioether (sulfide) groups is 1. The highest BCUT2D eigenvalue weighted by atomic mass is 32.2. The Balaban J connectivity index is 1.60. The van der Waals surface area contributed by atoms with Crippen molar-refractivity contribution in [2.45, 2.75) is 57.1 Å². The predicted octanol–water partition coefficient (Wildman–Crippen LogP) is 2.56. The first kappa shape index (κ1) is 15.9. The van der Waals surface area contributed by atoms with Gasteiger partial charge in [-0.1, -0.05) is 19.3 Å². The number of rotatable bonds is 7. The number of nitrogens with two attached hydrogens (primary N) is 1. The summed E-state index contributed by atoms with van der Waals surface area (Å²) in [5, 5.41) is 10.4. The van der Waals surface area contributed by atoms with E-state index in [9.17, 15) is 9.90 Å². The minimum absolute atomic E-state index is 0.235. The molecular weight excluding hydrogens is 274 g/mol. The van der Waals surface area contributed by atoms with Crippen molar-refractivity contribution in [2.24, 2.45) is 11.7 Å². The minimum Gasteiger partial charge on any atom is -0.457 e. The molecule has 2 rings (SSSR count). The molecule has 0 aromatic rings.